The number of carbonyl (C=O) groups excluding carboxylic acids is 2. The predicted octanol–water partition coefficient (Wildman–Crippen LogP) is 0.998. The molecule has 24 heavy (non-hydrogen) atoms. The van der Waals surface area contributed by atoms with Crippen molar-refractivity contribution in [3.8, 4) is 0 Å². The van der Waals surface area contributed by atoms with Gasteiger partial charge in [0.2, 0.25) is 5.91 Å². The van der Waals surface area contributed by atoms with Crippen molar-refractivity contribution < 1.29 is 22.4 Å². The van der Waals surface area contributed by atoms with Crippen molar-refractivity contribution in [1.82, 2.24) is 4.90 Å². The summed E-state index contributed by atoms with van der Waals surface area (Å²) < 4.78 is 38.6. The van der Waals surface area contributed by atoms with Crippen molar-refractivity contribution in [1.29, 1.82) is 0 Å². The number of carbonyl (C=O) groups is 2. The monoisotopic (exact) mass is 356 g/mol. The first kappa shape index (κ1) is 18.5. The van der Waals surface area contributed by atoms with E-state index in [0.29, 0.717) is 13.1 Å². The Kier molecular flexibility index (Phi) is 5.39. The fourth-order valence-electron chi connectivity index (χ4n) is 2.96. The summed E-state index contributed by atoms with van der Waals surface area (Å²) in [4.78, 5) is 24.7. The summed E-state index contributed by atoms with van der Waals surface area (Å²) in [5.41, 5.74) is 5.43. The van der Waals surface area contributed by atoms with E-state index in [4.69, 9.17) is 5.73 Å². The first-order valence-corrected chi connectivity index (χ1v) is 9.33. The molecule has 1 aromatic rings. The van der Waals surface area contributed by atoms with Crippen LogP contribution in [-0.2, 0) is 14.6 Å². The predicted molar refractivity (Wildman–Crippen MR) is 86.8 cm³/mol. The summed E-state index contributed by atoms with van der Waals surface area (Å²) in [5.74, 6) is -2.48. The molecule has 0 bridgehead atoms. The lowest BCUT2D eigenvalue weighted by molar-refractivity contribution is -0.129. The highest BCUT2D eigenvalue weighted by Gasteiger charge is 2.34. The minimum Gasteiger partial charge on any atom is -0.339 e. The van der Waals surface area contributed by atoms with Gasteiger partial charge in [0.15, 0.2) is 15.6 Å². The highest BCUT2D eigenvalue weighted by atomic mass is 32.2. The fourth-order valence-corrected chi connectivity index (χ4v) is 4.18. The van der Waals surface area contributed by atoms with Gasteiger partial charge in [-0.05, 0) is 50.9 Å². The molecule has 2 unspecified atom stereocenters. The van der Waals surface area contributed by atoms with E-state index in [0.717, 1.165) is 24.6 Å². The number of nitrogens with zero attached hydrogens (tertiary/aromatic N) is 1. The quantitative estimate of drug-likeness (QED) is 0.794. The number of likely N-dealkylation sites (tertiary alicyclic amines) is 1. The number of hydrogen-bond acceptors (Lipinski definition) is 5. The number of hydrogen-bond donors (Lipinski definition) is 1. The SMILES string of the molecule is CC(=O)c1ccc(S(=O)(=O)CC(=O)N2CC(CN)CC2C)cc1F. The summed E-state index contributed by atoms with van der Waals surface area (Å²) in [5, 5.41) is 0. The largest absolute Gasteiger partial charge is 0.339 e. The van der Waals surface area contributed by atoms with Crippen molar-refractivity contribution >= 4 is 21.5 Å². The zero-order chi connectivity index (χ0) is 18.1. The Balaban J connectivity index is 2.18. The van der Waals surface area contributed by atoms with Gasteiger partial charge in [0, 0.05) is 12.6 Å². The smallest absolute Gasteiger partial charge is 0.238 e. The van der Waals surface area contributed by atoms with Crippen molar-refractivity contribution in [2.75, 3.05) is 18.8 Å². The lowest BCUT2D eigenvalue weighted by Crippen LogP contribution is -2.38. The topological polar surface area (TPSA) is 97.5 Å². The minimum absolute atomic E-state index is 0.0712. The van der Waals surface area contributed by atoms with E-state index in [1.165, 1.54) is 11.8 Å². The molecule has 6 nitrogen and oxygen atoms in total. The number of rotatable bonds is 5. The highest BCUT2D eigenvalue weighted by molar-refractivity contribution is 7.92. The lowest BCUT2D eigenvalue weighted by atomic mass is 10.1. The molecule has 0 radical (unpaired) electrons. The van der Waals surface area contributed by atoms with Crippen molar-refractivity contribution in [2.45, 2.75) is 31.2 Å². The Hall–Kier alpha value is -1.80. The van der Waals surface area contributed by atoms with Gasteiger partial charge in [-0.3, -0.25) is 9.59 Å². The van der Waals surface area contributed by atoms with Gasteiger partial charge in [0.05, 0.1) is 10.5 Å². The maximum atomic E-state index is 13.8. The summed E-state index contributed by atoms with van der Waals surface area (Å²) in [6.45, 7) is 3.92. The molecule has 2 atom stereocenters. The van der Waals surface area contributed by atoms with E-state index >= 15 is 0 Å². The second kappa shape index (κ2) is 6.98. The average Bonchev–Trinajstić information content (AvgIpc) is 2.87. The Labute approximate surface area is 140 Å². The molecule has 132 valence electrons. The van der Waals surface area contributed by atoms with Crippen LogP contribution in [0.2, 0.25) is 0 Å². The molecule has 1 saturated heterocycles. The Morgan fingerprint density at radius 3 is 2.54 bits per heavy atom. The van der Waals surface area contributed by atoms with E-state index in [9.17, 15) is 22.4 Å². The van der Waals surface area contributed by atoms with Gasteiger partial charge in [-0.2, -0.15) is 0 Å². The van der Waals surface area contributed by atoms with Gasteiger partial charge in [-0.15, -0.1) is 0 Å². The molecule has 0 aromatic heterocycles. The first-order valence-electron chi connectivity index (χ1n) is 7.68. The van der Waals surface area contributed by atoms with Crippen LogP contribution < -0.4 is 5.73 Å². The van der Waals surface area contributed by atoms with E-state index < -0.39 is 33.1 Å². The van der Waals surface area contributed by atoms with Crippen LogP contribution in [0.1, 0.15) is 30.6 Å². The zero-order valence-corrected chi connectivity index (χ0v) is 14.5. The highest BCUT2D eigenvalue weighted by Crippen LogP contribution is 2.23. The van der Waals surface area contributed by atoms with Crippen LogP contribution in [0.3, 0.4) is 0 Å². The second-order valence-electron chi connectivity index (χ2n) is 6.19. The van der Waals surface area contributed by atoms with Crippen LogP contribution in [0.25, 0.3) is 0 Å². The van der Waals surface area contributed by atoms with E-state index in [1.54, 1.807) is 0 Å². The van der Waals surface area contributed by atoms with Gasteiger partial charge < -0.3 is 10.6 Å². The maximum absolute atomic E-state index is 13.8. The molecule has 0 saturated carbocycles. The zero-order valence-electron chi connectivity index (χ0n) is 13.7. The number of nitrogens with two attached hydrogens (primary N) is 1. The second-order valence-corrected chi connectivity index (χ2v) is 8.18. The Bertz CT molecular complexity index is 763. The van der Waals surface area contributed by atoms with Gasteiger partial charge in [0.25, 0.3) is 0 Å². The number of benzene rings is 1. The average molecular weight is 356 g/mol. The fraction of sp³-hybridized carbons (Fsp3) is 0.500. The molecule has 8 heteroatoms. The number of halogens is 1. The molecule has 1 aliphatic heterocycles. The van der Waals surface area contributed by atoms with Crippen LogP contribution in [0.15, 0.2) is 23.1 Å². The molecule has 2 N–H and O–H groups in total. The normalized spacial score (nSPS) is 21.1. The van der Waals surface area contributed by atoms with Crippen LogP contribution >= 0.6 is 0 Å². The molecular weight excluding hydrogens is 335 g/mol. The molecule has 1 aromatic carbocycles. The van der Waals surface area contributed by atoms with Crippen LogP contribution in [-0.4, -0.2) is 49.9 Å². The molecule has 0 spiro atoms. The third kappa shape index (κ3) is 3.81. The van der Waals surface area contributed by atoms with Crippen LogP contribution in [0.5, 0.6) is 0 Å². The van der Waals surface area contributed by atoms with E-state index in [2.05, 4.69) is 0 Å². The number of amides is 1. The number of sulfone groups is 1. The third-order valence-corrected chi connectivity index (χ3v) is 5.91. The van der Waals surface area contributed by atoms with Gasteiger partial charge in [-0.25, -0.2) is 12.8 Å². The molecule has 1 aliphatic rings. The van der Waals surface area contributed by atoms with E-state index in [-0.39, 0.29) is 22.4 Å². The van der Waals surface area contributed by atoms with Crippen molar-refractivity contribution in [3.05, 3.63) is 29.6 Å². The molecular formula is C16H21FN2O4S. The minimum atomic E-state index is -3.98. The summed E-state index contributed by atoms with van der Waals surface area (Å²) in [7, 11) is -3.98. The summed E-state index contributed by atoms with van der Waals surface area (Å²) in [6.07, 6.45) is 0.740. The molecule has 0 aliphatic carbocycles. The molecule has 1 heterocycles. The van der Waals surface area contributed by atoms with Crippen LogP contribution in [0.4, 0.5) is 4.39 Å². The van der Waals surface area contributed by atoms with E-state index in [1.807, 2.05) is 6.92 Å². The lowest BCUT2D eigenvalue weighted by Gasteiger charge is -2.21. The van der Waals surface area contributed by atoms with Gasteiger partial charge in [0.1, 0.15) is 11.6 Å². The maximum Gasteiger partial charge on any atom is 0.238 e. The molecule has 2 rings (SSSR count). The number of Topliss-reactive ketones (excluding diaryl/α,β-unsaturated/α-hetero) is 1. The molecule has 1 amide bonds. The van der Waals surface area contributed by atoms with Crippen molar-refractivity contribution in [3.63, 3.8) is 0 Å². The number of ketones is 1. The Morgan fingerprint density at radius 1 is 1.38 bits per heavy atom. The van der Waals surface area contributed by atoms with Gasteiger partial charge in [-0.1, -0.05) is 0 Å². The first-order chi connectivity index (χ1) is 11.2. The van der Waals surface area contributed by atoms with Gasteiger partial charge >= 0.3 is 0 Å². The summed E-state index contributed by atoms with van der Waals surface area (Å²) in [6, 6.07) is 2.99. The van der Waals surface area contributed by atoms with Crippen LogP contribution in [0, 0.1) is 11.7 Å². The standard InChI is InChI=1S/C16H21FN2O4S/c1-10-5-12(7-18)8-19(10)16(21)9-24(22,23)13-3-4-14(11(2)20)15(17)6-13/h3-4,6,10,12H,5,7-9,18H2,1-2H3. The Morgan fingerprint density at radius 2 is 2.04 bits per heavy atom. The van der Waals surface area contributed by atoms with Crippen molar-refractivity contribution in [2.24, 2.45) is 11.7 Å². The molecule has 1 fully saturated rings. The summed E-state index contributed by atoms with van der Waals surface area (Å²) >= 11 is 0. The third-order valence-electron chi connectivity index (χ3n) is 4.31.